The standard InChI is InChI=1S/C14H16Cl2N4O.ClH/c1-17-5-2-6-18-14(21)10-8-19-20(9-10)13-4-3-11(15)7-12(13)16;/h3-4,7-9,17H,2,5-6H2,1H3,(H,18,21);1H. The lowest BCUT2D eigenvalue weighted by Crippen LogP contribution is -2.26. The number of nitrogens with one attached hydrogen (secondary N) is 2. The van der Waals surface area contributed by atoms with E-state index in [9.17, 15) is 4.79 Å². The summed E-state index contributed by atoms with van der Waals surface area (Å²) < 4.78 is 1.56. The molecule has 2 aromatic rings. The van der Waals surface area contributed by atoms with E-state index in [0.29, 0.717) is 27.8 Å². The summed E-state index contributed by atoms with van der Waals surface area (Å²) in [5, 5.41) is 11.1. The highest BCUT2D eigenvalue weighted by Crippen LogP contribution is 2.24. The Hall–Kier alpha value is -1.27. The highest BCUT2D eigenvalue weighted by Gasteiger charge is 2.10. The zero-order valence-corrected chi connectivity index (χ0v) is 14.3. The fourth-order valence-electron chi connectivity index (χ4n) is 1.81. The molecule has 8 heteroatoms. The van der Waals surface area contributed by atoms with Crippen molar-refractivity contribution in [1.29, 1.82) is 0 Å². The van der Waals surface area contributed by atoms with Gasteiger partial charge in [-0.25, -0.2) is 4.68 Å². The van der Waals surface area contributed by atoms with Gasteiger partial charge in [-0.3, -0.25) is 4.79 Å². The van der Waals surface area contributed by atoms with Crippen LogP contribution in [-0.2, 0) is 0 Å². The van der Waals surface area contributed by atoms with Gasteiger partial charge in [0.2, 0.25) is 0 Å². The van der Waals surface area contributed by atoms with Crippen LogP contribution in [0.2, 0.25) is 10.0 Å². The van der Waals surface area contributed by atoms with Crippen molar-refractivity contribution in [2.75, 3.05) is 20.1 Å². The zero-order valence-electron chi connectivity index (χ0n) is 12.0. The van der Waals surface area contributed by atoms with Crippen LogP contribution in [-0.4, -0.2) is 35.8 Å². The van der Waals surface area contributed by atoms with E-state index in [1.165, 1.54) is 6.20 Å². The molecule has 5 nitrogen and oxygen atoms in total. The molecule has 0 bridgehead atoms. The molecule has 0 saturated heterocycles. The number of carbonyl (C=O) groups excluding carboxylic acids is 1. The summed E-state index contributed by atoms with van der Waals surface area (Å²) in [5.74, 6) is -0.151. The van der Waals surface area contributed by atoms with Crippen molar-refractivity contribution in [3.63, 3.8) is 0 Å². The van der Waals surface area contributed by atoms with E-state index >= 15 is 0 Å². The lowest BCUT2D eigenvalue weighted by atomic mass is 10.3. The number of rotatable bonds is 6. The van der Waals surface area contributed by atoms with E-state index in [-0.39, 0.29) is 18.3 Å². The van der Waals surface area contributed by atoms with E-state index in [2.05, 4.69) is 15.7 Å². The Bertz CT molecular complexity index is 630. The Morgan fingerprint density at radius 2 is 2.09 bits per heavy atom. The average molecular weight is 364 g/mol. The van der Waals surface area contributed by atoms with Crippen LogP contribution in [0, 0.1) is 0 Å². The number of aromatic nitrogens is 2. The first-order valence-electron chi connectivity index (χ1n) is 6.54. The maximum atomic E-state index is 12.0. The van der Waals surface area contributed by atoms with E-state index in [1.807, 2.05) is 7.05 Å². The molecule has 0 aliphatic rings. The van der Waals surface area contributed by atoms with E-state index < -0.39 is 0 Å². The van der Waals surface area contributed by atoms with Crippen LogP contribution in [0.4, 0.5) is 0 Å². The van der Waals surface area contributed by atoms with E-state index in [4.69, 9.17) is 23.2 Å². The Kier molecular flexibility index (Phi) is 7.68. The van der Waals surface area contributed by atoms with Crippen LogP contribution in [0.5, 0.6) is 0 Å². The Labute approximate surface area is 145 Å². The molecule has 2 rings (SSSR count). The molecule has 120 valence electrons. The number of hydrogen-bond acceptors (Lipinski definition) is 3. The minimum atomic E-state index is -0.151. The number of carbonyl (C=O) groups is 1. The monoisotopic (exact) mass is 362 g/mol. The Morgan fingerprint density at radius 3 is 2.77 bits per heavy atom. The van der Waals surface area contributed by atoms with Gasteiger partial charge in [0.15, 0.2) is 0 Å². The highest BCUT2D eigenvalue weighted by molar-refractivity contribution is 6.35. The number of amides is 1. The topological polar surface area (TPSA) is 58.9 Å². The van der Waals surface area contributed by atoms with E-state index in [0.717, 1.165) is 13.0 Å². The third-order valence-electron chi connectivity index (χ3n) is 2.89. The Balaban J connectivity index is 0.00000242. The zero-order chi connectivity index (χ0) is 15.2. The predicted octanol–water partition coefficient (Wildman–Crippen LogP) is 2.94. The van der Waals surface area contributed by atoms with Crippen molar-refractivity contribution in [3.05, 3.63) is 46.2 Å². The molecule has 2 N–H and O–H groups in total. The minimum Gasteiger partial charge on any atom is -0.352 e. The van der Waals surface area contributed by atoms with Crippen molar-refractivity contribution < 1.29 is 4.79 Å². The lowest BCUT2D eigenvalue weighted by Gasteiger charge is -2.04. The van der Waals surface area contributed by atoms with Crippen LogP contribution in [0.1, 0.15) is 16.8 Å². The summed E-state index contributed by atoms with van der Waals surface area (Å²) in [4.78, 5) is 12.0. The third kappa shape index (κ3) is 4.88. The van der Waals surface area contributed by atoms with Crippen LogP contribution in [0.25, 0.3) is 5.69 Å². The van der Waals surface area contributed by atoms with Crippen LogP contribution < -0.4 is 10.6 Å². The van der Waals surface area contributed by atoms with Gasteiger partial charge in [-0.05, 0) is 38.2 Å². The summed E-state index contributed by atoms with van der Waals surface area (Å²) in [5.41, 5.74) is 1.17. The number of benzene rings is 1. The van der Waals surface area contributed by atoms with Gasteiger partial charge in [0, 0.05) is 17.8 Å². The smallest absolute Gasteiger partial charge is 0.254 e. The molecule has 1 heterocycles. The summed E-state index contributed by atoms with van der Waals surface area (Å²) >= 11 is 12.0. The van der Waals surface area contributed by atoms with Gasteiger partial charge in [-0.1, -0.05) is 23.2 Å². The van der Waals surface area contributed by atoms with Gasteiger partial charge in [0.05, 0.1) is 22.5 Å². The van der Waals surface area contributed by atoms with Crippen molar-refractivity contribution in [2.45, 2.75) is 6.42 Å². The SMILES string of the molecule is CNCCCNC(=O)c1cnn(-c2ccc(Cl)cc2Cl)c1.Cl. The maximum absolute atomic E-state index is 12.0. The molecule has 0 unspecified atom stereocenters. The van der Waals surface area contributed by atoms with E-state index in [1.54, 1.807) is 29.1 Å². The first kappa shape index (κ1) is 18.8. The predicted molar refractivity (Wildman–Crippen MR) is 91.7 cm³/mol. The molecule has 0 aliphatic carbocycles. The summed E-state index contributed by atoms with van der Waals surface area (Å²) in [7, 11) is 1.88. The van der Waals surface area contributed by atoms with Gasteiger partial charge < -0.3 is 10.6 Å². The number of halogens is 3. The van der Waals surface area contributed by atoms with Crippen molar-refractivity contribution >= 4 is 41.5 Å². The molecule has 0 aliphatic heterocycles. The second-order valence-electron chi connectivity index (χ2n) is 4.48. The summed E-state index contributed by atoms with van der Waals surface area (Å²) in [6.45, 7) is 1.48. The van der Waals surface area contributed by atoms with Crippen LogP contribution in [0.15, 0.2) is 30.6 Å². The second kappa shape index (κ2) is 9.00. The molecule has 0 spiro atoms. The third-order valence-corrected chi connectivity index (χ3v) is 3.43. The first-order valence-corrected chi connectivity index (χ1v) is 7.30. The van der Waals surface area contributed by atoms with Crippen LogP contribution in [0.3, 0.4) is 0 Å². The molecule has 0 atom stereocenters. The molecular weight excluding hydrogens is 347 g/mol. The van der Waals surface area contributed by atoms with Crippen molar-refractivity contribution in [2.24, 2.45) is 0 Å². The number of nitrogens with zero attached hydrogens (tertiary/aromatic N) is 2. The molecule has 0 radical (unpaired) electrons. The van der Waals surface area contributed by atoms with Crippen molar-refractivity contribution in [3.8, 4) is 5.69 Å². The lowest BCUT2D eigenvalue weighted by molar-refractivity contribution is 0.0953. The van der Waals surface area contributed by atoms with Gasteiger partial charge >= 0.3 is 0 Å². The van der Waals surface area contributed by atoms with Gasteiger partial charge in [0.25, 0.3) is 5.91 Å². The molecule has 0 fully saturated rings. The maximum Gasteiger partial charge on any atom is 0.254 e. The largest absolute Gasteiger partial charge is 0.352 e. The second-order valence-corrected chi connectivity index (χ2v) is 5.33. The fourth-order valence-corrected chi connectivity index (χ4v) is 2.30. The van der Waals surface area contributed by atoms with Gasteiger partial charge in [-0.2, -0.15) is 5.10 Å². The van der Waals surface area contributed by atoms with Gasteiger partial charge in [0.1, 0.15) is 0 Å². The van der Waals surface area contributed by atoms with Crippen LogP contribution >= 0.6 is 35.6 Å². The van der Waals surface area contributed by atoms with Crippen molar-refractivity contribution in [1.82, 2.24) is 20.4 Å². The fraction of sp³-hybridized carbons (Fsp3) is 0.286. The minimum absolute atomic E-state index is 0. The molecule has 0 saturated carbocycles. The molecule has 22 heavy (non-hydrogen) atoms. The quantitative estimate of drug-likeness (QED) is 0.776. The molecular formula is C14H17Cl3N4O. The molecule has 1 aromatic carbocycles. The molecule has 1 aromatic heterocycles. The normalized spacial score (nSPS) is 10.1. The highest BCUT2D eigenvalue weighted by atomic mass is 35.5. The summed E-state index contributed by atoms with van der Waals surface area (Å²) in [6, 6.07) is 5.12. The summed E-state index contributed by atoms with van der Waals surface area (Å²) in [6.07, 6.45) is 4.03. The average Bonchev–Trinajstić information content (AvgIpc) is 2.93. The number of hydrogen-bond donors (Lipinski definition) is 2. The van der Waals surface area contributed by atoms with Gasteiger partial charge in [-0.15, -0.1) is 12.4 Å². The Morgan fingerprint density at radius 1 is 1.32 bits per heavy atom. The molecule has 1 amide bonds. The first-order chi connectivity index (χ1) is 10.1.